The maximum Gasteiger partial charge on any atom is 0.253 e. The van der Waals surface area contributed by atoms with Gasteiger partial charge in [-0.2, -0.15) is 0 Å². The number of aryl methyl sites for hydroxylation is 1. The third-order valence-electron chi connectivity index (χ3n) is 4.86. The molecule has 0 aliphatic carbocycles. The van der Waals surface area contributed by atoms with Crippen LogP contribution in [0.5, 0.6) is 0 Å². The zero-order valence-corrected chi connectivity index (χ0v) is 15.8. The van der Waals surface area contributed by atoms with Crippen molar-refractivity contribution in [2.45, 2.75) is 13.3 Å². The summed E-state index contributed by atoms with van der Waals surface area (Å²) in [6.07, 6.45) is 2.80. The number of rotatable bonds is 6. The van der Waals surface area contributed by atoms with Crippen LogP contribution in [0.25, 0.3) is 10.9 Å². The first-order chi connectivity index (χ1) is 13.7. The van der Waals surface area contributed by atoms with E-state index in [4.69, 9.17) is 0 Å². The molecule has 0 aliphatic heterocycles. The first kappa shape index (κ1) is 17.9. The summed E-state index contributed by atoms with van der Waals surface area (Å²) in [5.41, 5.74) is 5.94. The van der Waals surface area contributed by atoms with Gasteiger partial charge in [-0.1, -0.05) is 48.0 Å². The fourth-order valence-corrected chi connectivity index (χ4v) is 3.33. The molecule has 0 unspecified atom stereocenters. The largest absolute Gasteiger partial charge is 0.361 e. The molecule has 1 aromatic heterocycles. The standard InChI is InChI=1S/C24H23N3O/c1-17-10-12-19(13-11-17)27-23-9-5-3-7-21(23)24(28)25-15-14-18-16-26-22-8-4-2-6-20(18)22/h2-13,16,26-27H,14-15H2,1H3,(H,25,28). The first-order valence-electron chi connectivity index (χ1n) is 9.46. The summed E-state index contributed by atoms with van der Waals surface area (Å²) in [6, 6.07) is 23.9. The Balaban J connectivity index is 1.42. The number of anilines is 2. The second-order valence-corrected chi connectivity index (χ2v) is 6.90. The fraction of sp³-hybridized carbons (Fsp3) is 0.125. The van der Waals surface area contributed by atoms with Crippen molar-refractivity contribution in [2.24, 2.45) is 0 Å². The van der Waals surface area contributed by atoms with Crippen molar-refractivity contribution in [2.75, 3.05) is 11.9 Å². The van der Waals surface area contributed by atoms with E-state index in [0.717, 1.165) is 23.3 Å². The Hall–Kier alpha value is -3.53. The number of para-hydroxylation sites is 2. The highest BCUT2D eigenvalue weighted by atomic mass is 16.1. The molecule has 4 nitrogen and oxygen atoms in total. The molecule has 0 aliphatic rings. The number of aromatic amines is 1. The summed E-state index contributed by atoms with van der Waals surface area (Å²) in [7, 11) is 0. The van der Waals surface area contributed by atoms with E-state index in [1.54, 1.807) is 0 Å². The van der Waals surface area contributed by atoms with Gasteiger partial charge < -0.3 is 15.6 Å². The maximum atomic E-state index is 12.7. The number of hydrogen-bond donors (Lipinski definition) is 3. The summed E-state index contributed by atoms with van der Waals surface area (Å²) >= 11 is 0. The van der Waals surface area contributed by atoms with Gasteiger partial charge in [-0.05, 0) is 49.2 Å². The number of carbonyl (C=O) groups excluding carboxylic acids is 1. The summed E-state index contributed by atoms with van der Waals surface area (Å²) in [5, 5.41) is 7.59. The molecule has 0 saturated carbocycles. The van der Waals surface area contributed by atoms with Gasteiger partial charge in [0.1, 0.15) is 0 Å². The summed E-state index contributed by atoms with van der Waals surface area (Å²) in [6.45, 7) is 2.64. The van der Waals surface area contributed by atoms with Gasteiger partial charge in [-0.25, -0.2) is 0 Å². The van der Waals surface area contributed by atoms with E-state index < -0.39 is 0 Å². The highest BCUT2D eigenvalue weighted by molar-refractivity contribution is 6.00. The molecule has 28 heavy (non-hydrogen) atoms. The Morgan fingerprint density at radius 2 is 1.68 bits per heavy atom. The molecule has 0 fully saturated rings. The average molecular weight is 369 g/mol. The van der Waals surface area contributed by atoms with Gasteiger partial charge in [0.2, 0.25) is 0 Å². The number of benzene rings is 3. The van der Waals surface area contributed by atoms with E-state index in [0.29, 0.717) is 12.1 Å². The number of amides is 1. The Morgan fingerprint density at radius 3 is 2.54 bits per heavy atom. The lowest BCUT2D eigenvalue weighted by Gasteiger charge is -2.12. The number of H-pyrrole nitrogens is 1. The van der Waals surface area contributed by atoms with Crippen LogP contribution in [0.3, 0.4) is 0 Å². The molecular weight excluding hydrogens is 346 g/mol. The SMILES string of the molecule is Cc1ccc(Nc2ccccc2C(=O)NCCc2c[nH]c3ccccc23)cc1. The van der Waals surface area contributed by atoms with Crippen LogP contribution in [0, 0.1) is 6.92 Å². The smallest absolute Gasteiger partial charge is 0.253 e. The number of hydrogen-bond acceptors (Lipinski definition) is 2. The molecular formula is C24H23N3O. The Labute approximate surface area is 164 Å². The van der Waals surface area contributed by atoms with Crippen LogP contribution in [0.2, 0.25) is 0 Å². The van der Waals surface area contributed by atoms with E-state index in [2.05, 4.69) is 34.7 Å². The van der Waals surface area contributed by atoms with Crippen LogP contribution >= 0.6 is 0 Å². The number of carbonyl (C=O) groups is 1. The molecule has 0 saturated heterocycles. The highest BCUT2D eigenvalue weighted by Gasteiger charge is 2.11. The van der Waals surface area contributed by atoms with Crippen LogP contribution in [0.4, 0.5) is 11.4 Å². The molecule has 4 rings (SSSR count). The number of aromatic nitrogens is 1. The van der Waals surface area contributed by atoms with E-state index in [-0.39, 0.29) is 5.91 Å². The number of fused-ring (bicyclic) bond motifs is 1. The monoisotopic (exact) mass is 369 g/mol. The van der Waals surface area contributed by atoms with Gasteiger partial charge in [-0.15, -0.1) is 0 Å². The van der Waals surface area contributed by atoms with Crippen molar-refractivity contribution >= 4 is 28.2 Å². The molecule has 0 radical (unpaired) electrons. The molecule has 3 N–H and O–H groups in total. The van der Waals surface area contributed by atoms with E-state index >= 15 is 0 Å². The summed E-state index contributed by atoms with van der Waals surface area (Å²) in [4.78, 5) is 16.0. The molecule has 140 valence electrons. The second kappa shape index (κ2) is 8.01. The van der Waals surface area contributed by atoms with Gasteiger partial charge >= 0.3 is 0 Å². The molecule has 1 heterocycles. The van der Waals surface area contributed by atoms with Crippen molar-refractivity contribution in [3.63, 3.8) is 0 Å². The third-order valence-corrected chi connectivity index (χ3v) is 4.86. The lowest BCUT2D eigenvalue weighted by molar-refractivity contribution is 0.0955. The Bertz CT molecular complexity index is 1100. The van der Waals surface area contributed by atoms with E-state index in [1.165, 1.54) is 16.5 Å². The molecule has 0 bridgehead atoms. The quantitative estimate of drug-likeness (QED) is 0.438. The highest BCUT2D eigenvalue weighted by Crippen LogP contribution is 2.21. The van der Waals surface area contributed by atoms with Gasteiger partial charge in [0, 0.05) is 29.3 Å². The van der Waals surface area contributed by atoms with Gasteiger partial charge in [0.25, 0.3) is 5.91 Å². The topological polar surface area (TPSA) is 56.9 Å². The lowest BCUT2D eigenvalue weighted by Crippen LogP contribution is -2.26. The van der Waals surface area contributed by atoms with Crippen LogP contribution in [0.15, 0.2) is 79.0 Å². The fourth-order valence-electron chi connectivity index (χ4n) is 3.33. The van der Waals surface area contributed by atoms with E-state index in [9.17, 15) is 4.79 Å². The second-order valence-electron chi connectivity index (χ2n) is 6.90. The molecule has 0 atom stereocenters. The minimum atomic E-state index is -0.0740. The molecule has 4 heteroatoms. The van der Waals surface area contributed by atoms with Crippen molar-refractivity contribution in [1.82, 2.24) is 10.3 Å². The van der Waals surface area contributed by atoms with Crippen LogP contribution < -0.4 is 10.6 Å². The zero-order chi connectivity index (χ0) is 19.3. The lowest BCUT2D eigenvalue weighted by atomic mass is 10.1. The van der Waals surface area contributed by atoms with Crippen molar-refractivity contribution < 1.29 is 4.79 Å². The van der Waals surface area contributed by atoms with Gasteiger partial charge in [0.05, 0.1) is 11.3 Å². The number of nitrogens with one attached hydrogen (secondary N) is 3. The summed E-state index contributed by atoms with van der Waals surface area (Å²) in [5.74, 6) is -0.0740. The predicted molar refractivity (Wildman–Crippen MR) is 115 cm³/mol. The predicted octanol–water partition coefficient (Wildman–Crippen LogP) is 5.19. The minimum Gasteiger partial charge on any atom is -0.361 e. The van der Waals surface area contributed by atoms with Gasteiger partial charge in [-0.3, -0.25) is 4.79 Å². The maximum absolute atomic E-state index is 12.7. The molecule has 3 aromatic carbocycles. The molecule has 4 aromatic rings. The van der Waals surface area contributed by atoms with Crippen molar-refractivity contribution in [3.8, 4) is 0 Å². The first-order valence-corrected chi connectivity index (χ1v) is 9.46. The van der Waals surface area contributed by atoms with E-state index in [1.807, 2.05) is 66.9 Å². The van der Waals surface area contributed by atoms with Crippen LogP contribution in [-0.2, 0) is 6.42 Å². The van der Waals surface area contributed by atoms with Crippen molar-refractivity contribution in [3.05, 3.63) is 95.7 Å². The normalized spacial score (nSPS) is 10.8. The average Bonchev–Trinajstić information content (AvgIpc) is 3.13. The van der Waals surface area contributed by atoms with Gasteiger partial charge in [0.15, 0.2) is 0 Å². The minimum absolute atomic E-state index is 0.0740. The van der Waals surface area contributed by atoms with Crippen LogP contribution in [0.1, 0.15) is 21.5 Å². The van der Waals surface area contributed by atoms with Crippen molar-refractivity contribution in [1.29, 1.82) is 0 Å². The third kappa shape index (κ3) is 3.91. The zero-order valence-electron chi connectivity index (χ0n) is 15.8. The molecule has 1 amide bonds. The Kier molecular flexibility index (Phi) is 5.11. The van der Waals surface area contributed by atoms with Crippen LogP contribution in [-0.4, -0.2) is 17.4 Å². The molecule has 0 spiro atoms. The summed E-state index contributed by atoms with van der Waals surface area (Å²) < 4.78 is 0. The Morgan fingerprint density at radius 1 is 0.929 bits per heavy atom.